The molecular formula is C32H38ClN5O2S. The van der Waals surface area contributed by atoms with Gasteiger partial charge in [0.05, 0.1) is 16.7 Å². The molecular weight excluding hydrogens is 554 g/mol. The Labute approximate surface area is 250 Å². The number of anilines is 2. The first-order valence-corrected chi connectivity index (χ1v) is 14.9. The lowest BCUT2D eigenvalue weighted by atomic mass is 10.00. The Morgan fingerprint density at radius 3 is 2.46 bits per heavy atom. The molecule has 2 aromatic carbocycles. The molecule has 3 heterocycles. The number of aryl methyl sites for hydroxylation is 1. The molecule has 4 N–H and O–H groups in total. The van der Waals surface area contributed by atoms with E-state index < -0.39 is 11.0 Å². The highest BCUT2D eigenvalue weighted by Crippen LogP contribution is 2.31. The highest BCUT2D eigenvalue weighted by Gasteiger charge is 2.18. The van der Waals surface area contributed by atoms with Gasteiger partial charge in [-0.15, -0.1) is 0 Å². The van der Waals surface area contributed by atoms with Gasteiger partial charge in [0.15, 0.2) is 11.0 Å². The topological polar surface area (TPSA) is 104 Å². The van der Waals surface area contributed by atoms with Gasteiger partial charge in [-0.25, -0.2) is 9.19 Å². The van der Waals surface area contributed by atoms with E-state index in [9.17, 15) is 9.32 Å². The molecule has 1 saturated heterocycles. The average Bonchev–Trinajstić information content (AvgIpc) is 2.99. The molecule has 7 nitrogen and oxygen atoms in total. The van der Waals surface area contributed by atoms with Crippen LogP contribution in [0.1, 0.15) is 32.3 Å². The number of hydrogen-bond donors (Lipinski definition) is 3. The Bertz CT molecular complexity index is 1480. The van der Waals surface area contributed by atoms with Crippen LogP contribution in [0, 0.1) is 6.92 Å². The van der Waals surface area contributed by atoms with Gasteiger partial charge in [-0.1, -0.05) is 54.6 Å². The van der Waals surface area contributed by atoms with E-state index in [-0.39, 0.29) is 6.10 Å². The number of benzene rings is 2. The fourth-order valence-corrected chi connectivity index (χ4v) is 5.00. The van der Waals surface area contributed by atoms with E-state index in [1.54, 1.807) is 6.20 Å². The molecule has 41 heavy (non-hydrogen) atoms. The average molecular weight is 592 g/mol. The van der Waals surface area contributed by atoms with Crippen LogP contribution in [0.25, 0.3) is 22.0 Å². The summed E-state index contributed by atoms with van der Waals surface area (Å²) >= 11 is 5.32. The number of aromatic nitrogens is 2. The van der Waals surface area contributed by atoms with E-state index in [0.29, 0.717) is 4.90 Å². The van der Waals surface area contributed by atoms with E-state index in [0.717, 1.165) is 70.1 Å². The molecule has 5 rings (SSSR count). The number of nitrogens with one attached hydrogen (secondary N) is 1. The molecule has 1 fully saturated rings. The molecule has 1 aliphatic rings. The number of piperidine rings is 1. The number of nitrogens with zero attached hydrogens (tertiary/aromatic N) is 3. The van der Waals surface area contributed by atoms with E-state index in [1.165, 1.54) is 6.20 Å². The van der Waals surface area contributed by atoms with Crippen LogP contribution >= 0.6 is 11.6 Å². The number of aliphatic hydroxyl groups excluding tert-OH is 1. The summed E-state index contributed by atoms with van der Waals surface area (Å²) in [6.45, 7) is 10.5. The second kappa shape index (κ2) is 15.9. The van der Waals surface area contributed by atoms with Crippen molar-refractivity contribution in [2.45, 2.75) is 44.6 Å². The minimum Gasteiger partial charge on any atom is -0.405 e. The number of allylic oxidation sites excluding steroid dienone is 2. The molecule has 1 unspecified atom stereocenters. The van der Waals surface area contributed by atoms with Crippen molar-refractivity contribution in [2.75, 3.05) is 22.7 Å². The van der Waals surface area contributed by atoms with Gasteiger partial charge < -0.3 is 20.5 Å². The lowest BCUT2D eigenvalue weighted by Gasteiger charge is -2.30. The van der Waals surface area contributed by atoms with Gasteiger partial charge in [-0.2, -0.15) is 0 Å². The van der Waals surface area contributed by atoms with Crippen molar-refractivity contribution in [1.82, 2.24) is 9.97 Å². The molecule has 1 aliphatic heterocycles. The molecule has 1 atom stereocenters. The summed E-state index contributed by atoms with van der Waals surface area (Å²) in [6.07, 6.45) is 7.86. The lowest BCUT2D eigenvalue weighted by molar-refractivity contribution is 0.145. The van der Waals surface area contributed by atoms with Gasteiger partial charge in [0.25, 0.3) is 0 Å². The molecule has 0 aliphatic carbocycles. The Morgan fingerprint density at radius 1 is 1.15 bits per heavy atom. The molecule has 2 aromatic heterocycles. The van der Waals surface area contributed by atoms with Crippen LogP contribution in [0.4, 0.5) is 11.5 Å². The van der Waals surface area contributed by atoms with E-state index in [4.69, 9.17) is 11.6 Å². The number of nitrogens with two attached hydrogens (primary N) is 1. The second-order valence-corrected chi connectivity index (χ2v) is 11.3. The molecule has 0 amide bonds. The van der Waals surface area contributed by atoms with Crippen molar-refractivity contribution in [3.8, 4) is 11.3 Å². The molecule has 0 radical (unpaired) electrons. The number of pyridine rings is 2. The Kier molecular flexibility index (Phi) is 12.3. The quantitative estimate of drug-likeness (QED) is 0.232. The number of fused-ring (bicyclic) bond motifs is 1. The molecule has 0 spiro atoms. The first-order valence-electron chi connectivity index (χ1n) is 13.4. The Hall–Kier alpha value is -3.72. The molecule has 216 valence electrons. The first kappa shape index (κ1) is 31.8. The number of hydrogen-bond acceptors (Lipinski definition) is 6. The van der Waals surface area contributed by atoms with Crippen LogP contribution in [0.15, 0.2) is 102 Å². The minimum atomic E-state index is -1.44. The maximum atomic E-state index is 13.0. The summed E-state index contributed by atoms with van der Waals surface area (Å²) in [5, 5.41) is 12.8. The standard InChI is InChI=1S/C26H26N4O2S.C4H7Cl.C2H5N/c1-18-6-7-20(16-24(18)26-23-5-3-2-4-19(23)10-13-27-26)29-33(32)22-8-9-25(28-17-22)30-14-11-21(31)12-15-30;1-3-4(2)5;1-2-3/h2-10,13,16-17,21,29,31H,11-12,14-15H2,1H3;3H,1-2H3;2H,1,3H2/b;4-3+;. The minimum absolute atomic E-state index is 0.222. The lowest BCUT2D eigenvalue weighted by Crippen LogP contribution is -2.36. The predicted octanol–water partition coefficient (Wildman–Crippen LogP) is 6.94. The molecule has 9 heteroatoms. The van der Waals surface area contributed by atoms with Gasteiger partial charge in [0, 0.05) is 47.2 Å². The Morgan fingerprint density at radius 2 is 1.83 bits per heavy atom. The third-order valence-corrected chi connectivity index (χ3v) is 7.81. The van der Waals surface area contributed by atoms with Crippen LogP contribution in [0.2, 0.25) is 0 Å². The summed E-state index contributed by atoms with van der Waals surface area (Å²) in [4.78, 5) is 11.9. The van der Waals surface area contributed by atoms with Crippen LogP contribution in [0.3, 0.4) is 0 Å². The summed E-state index contributed by atoms with van der Waals surface area (Å²) < 4.78 is 16.1. The van der Waals surface area contributed by atoms with Crippen molar-refractivity contribution in [2.24, 2.45) is 5.73 Å². The first-order chi connectivity index (χ1) is 19.8. The van der Waals surface area contributed by atoms with Crippen molar-refractivity contribution in [3.05, 3.63) is 103 Å². The third kappa shape index (κ3) is 9.14. The predicted molar refractivity (Wildman–Crippen MR) is 173 cm³/mol. The fraction of sp³-hybridized carbons (Fsp3) is 0.250. The summed E-state index contributed by atoms with van der Waals surface area (Å²) in [5.41, 5.74) is 8.40. The van der Waals surface area contributed by atoms with Gasteiger partial charge >= 0.3 is 0 Å². The van der Waals surface area contributed by atoms with E-state index in [1.807, 2.05) is 74.7 Å². The SMILES string of the molecule is C/C=C(\C)Cl.C=CN.Cc1ccc(NS(=O)c2ccc(N3CCC(O)CC3)nc2)cc1-c1nccc2ccccc12. The van der Waals surface area contributed by atoms with E-state index in [2.05, 4.69) is 51.0 Å². The highest BCUT2D eigenvalue weighted by atomic mass is 35.5. The van der Waals surface area contributed by atoms with Crippen molar-refractivity contribution in [1.29, 1.82) is 0 Å². The van der Waals surface area contributed by atoms with Crippen molar-refractivity contribution in [3.63, 3.8) is 0 Å². The molecule has 0 saturated carbocycles. The smallest absolute Gasteiger partial charge is 0.151 e. The number of rotatable bonds is 5. The van der Waals surface area contributed by atoms with Crippen LogP contribution in [-0.4, -0.2) is 38.5 Å². The highest BCUT2D eigenvalue weighted by molar-refractivity contribution is 7.86. The Balaban J connectivity index is 0.000000515. The van der Waals surface area contributed by atoms with Crippen molar-refractivity contribution < 1.29 is 9.32 Å². The van der Waals surface area contributed by atoms with Crippen LogP contribution in [0.5, 0.6) is 0 Å². The van der Waals surface area contributed by atoms with E-state index >= 15 is 0 Å². The zero-order valence-electron chi connectivity index (χ0n) is 23.8. The summed E-state index contributed by atoms with van der Waals surface area (Å²) in [5.74, 6) is 0.849. The van der Waals surface area contributed by atoms with Crippen LogP contribution < -0.4 is 15.4 Å². The zero-order chi connectivity index (χ0) is 29.8. The van der Waals surface area contributed by atoms with Gasteiger partial charge in [-0.3, -0.25) is 4.98 Å². The zero-order valence-corrected chi connectivity index (χ0v) is 25.3. The van der Waals surface area contributed by atoms with Gasteiger partial charge in [0.1, 0.15) is 5.82 Å². The van der Waals surface area contributed by atoms with Crippen LogP contribution in [-0.2, 0) is 11.0 Å². The maximum Gasteiger partial charge on any atom is 0.151 e. The van der Waals surface area contributed by atoms with Gasteiger partial charge in [0.2, 0.25) is 0 Å². The molecule has 0 bridgehead atoms. The molecule has 4 aromatic rings. The maximum absolute atomic E-state index is 13.0. The summed E-state index contributed by atoms with van der Waals surface area (Å²) in [6, 6.07) is 19.9. The normalized spacial score (nSPS) is 14.3. The monoisotopic (exact) mass is 591 g/mol. The summed E-state index contributed by atoms with van der Waals surface area (Å²) in [7, 11) is -1.44. The van der Waals surface area contributed by atoms with Crippen molar-refractivity contribution >= 4 is 44.9 Å². The fourth-order valence-electron chi connectivity index (χ4n) is 4.21. The third-order valence-electron chi connectivity index (χ3n) is 6.50. The van der Waals surface area contributed by atoms with Gasteiger partial charge in [-0.05, 0) is 81.1 Å². The second-order valence-electron chi connectivity index (χ2n) is 9.46. The number of aliphatic hydroxyl groups is 1. The number of halogens is 1. The largest absolute Gasteiger partial charge is 0.405 e.